The van der Waals surface area contributed by atoms with Gasteiger partial charge in [0.25, 0.3) is 11.8 Å². The quantitative estimate of drug-likeness (QED) is 0.727. The van der Waals surface area contributed by atoms with Gasteiger partial charge in [-0.05, 0) is 68.3 Å². The number of hydrogen-bond donors (Lipinski definition) is 1. The molecule has 3 rings (SSSR count). The minimum Gasteiger partial charge on any atom is -0.452 e. The zero-order valence-electron chi connectivity index (χ0n) is 16.4. The highest BCUT2D eigenvalue weighted by Crippen LogP contribution is 2.21. The fourth-order valence-corrected chi connectivity index (χ4v) is 3.36. The van der Waals surface area contributed by atoms with Crippen molar-refractivity contribution in [2.75, 3.05) is 18.4 Å². The van der Waals surface area contributed by atoms with Crippen molar-refractivity contribution in [2.45, 2.75) is 25.9 Å². The second kappa shape index (κ2) is 9.71. The van der Waals surface area contributed by atoms with Gasteiger partial charge in [-0.25, -0.2) is 4.39 Å². The molecule has 2 aromatic rings. The molecule has 1 aliphatic heterocycles. The molecule has 30 heavy (non-hydrogen) atoms. The van der Waals surface area contributed by atoms with E-state index in [2.05, 4.69) is 5.32 Å². The summed E-state index contributed by atoms with van der Waals surface area (Å²) in [6, 6.07) is 11.9. The Bertz CT molecular complexity index is 918. The van der Waals surface area contributed by atoms with E-state index in [1.807, 2.05) is 0 Å². The van der Waals surface area contributed by atoms with Crippen molar-refractivity contribution in [2.24, 2.45) is 5.92 Å². The van der Waals surface area contributed by atoms with Crippen LogP contribution >= 0.6 is 11.6 Å². The van der Waals surface area contributed by atoms with Crippen molar-refractivity contribution in [3.05, 3.63) is 64.9 Å². The van der Waals surface area contributed by atoms with E-state index in [4.69, 9.17) is 16.3 Å². The van der Waals surface area contributed by atoms with Crippen molar-refractivity contribution in [3.63, 3.8) is 0 Å². The second-order valence-corrected chi connectivity index (χ2v) is 7.61. The first-order chi connectivity index (χ1) is 14.3. The van der Waals surface area contributed by atoms with Crippen molar-refractivity contribution in [1.29, 1.82) is 0 Å². The maximum Gasteiger partial charge on any atom is 0.311 e. The summed E-state index contributed by atoms with van der Waals surface area (Å²) in [4.78, 5) is 39.0. The third-order valence-corrected chi connectivity index (χ3v) is 5.16. The number of rotatable bonds is 5. The van der Waals surface area contributed by atoms with Crippen molar-refractivity contribution in [1.82, 2.24) is 4.90 Å². The van der Waals surface area contributed by atoms with Gasteiger partial charge in [0.1, 0.15) is 5.82 Å². The molecular weight excluding hydrogens is 411 g/mol. The number of ether oxygens (including phenoxy) is 1. The minimum atomic E-state index is -0.989. The molecule has 0 aromatic heterocycles. The van der Waals surface area contributed by atoms with E-state index < -0.39 is 29.7 Å². The molecule has 0 spiro atoms. The Hall–Kier alpha value is -2.93. The Morgan fingerprint density at radius 1 is 1.13 bits per heavy atom. The predicted octanol–water partition coefficient (Wildman–Crippen LogP) is 3.90. The number of halogens is 2. The Morgan fingerprint density at radius 2 is 1.80 bits per heavy atom. The molecule has 0 saturated carbocycles. The molecule has 2 amide bonds. The van der Waals surface area contributed by atoms with E-state index in [9.17, 15) is 18.8 Å². The molecule has 0 aliphatic carbocycles. The Balaban J connectivity index is 1.55. The first kappa shape index (κ1) is 21.8. The van der Waals surface area contributed by atoms with Gasteiger partial charge in [0.2, 0.25) is 0 Å². The number of piperidine rings is 1. The molecule has 6 nitrogen and oxygen atoms in total. The Kier molecular flexibility index (Phi) is 7.05. The number of hydrogen-bond acceptors (Lipinski definition) is 4. The van der Waals surface area contributed by atoms with Gasteiger partial charge in [-0.2, -0.15) is 0 Å². The number of anilines is 1. The molecule has 158 valence electrons. The van der Waals surface area contributed by atoms with E-state index in [1.165, 1.54) is 31.2 Å². The third kappa shape index (κ3) is 5.57. The number of likely N-dealkylation sites (tertiary alicyclic amines) is 1. The summed E-state index contributed by atoms with van der Waals surface area (Å²) in [5.41, 5.74) is 0.905. The number of esters is 1. The van der Waals surface area contributed by atoms with E-state index in [0.717, 1.165) is 0 Å². The average Bonchev–Trinajstić information content (AvgIpc) is 2.75. The predicted molar refractivity (Wildman–Crippen MR) is 111 cm³/mol. The molecule has 8 heteroatoms. The van der Waals surface area contributed by atoms with E-state index in [0.29, 0.717) is 35.7 Å². The molecular formula is C22H22ClFN2O4. The van der Waals surface area contributed by atoms with Gasteiger partial charge in [0, 0.05) is 29.4 Å². The summed E-state index contributed by atoms with van der Waals surface area (Å²) in [6.07, 6.45) is 0.214. The van der Waals surface area contributed by atoms with Gasteiger partial charge < -0.3 is 15.0 Å². The van der Waals surface area contributed by atoms with Crippen LogP contribution in [0.25, 0.3) is 0 Å². The van der Waals surface area contributed by atoms with Gasteiger partial charge >= 0.3 is 5.97 Å². The molecule has 1 fully saturated rings. The lowest BCUT2D eigenvalue weighted by molar-refractivity contribution is -0.158. The van der Waals surface area contributed by atoms with Crippen LogP contribution < -0.4 is 5.32 Å². The van der Waals surface area contributed by atoms with Crippen LogP contribution in [-0.2, 0) is 14.3 Å². The number of benzene rings is 2. The van der Waals surface area contributed by atoms with Gasteiger partial charge in [-0.15, -0.1) is 0 Å². The van der Waals surface area contributed by atoms with Crippen molar-refractivity contribution in [3.8, 4) is 0 Å². The summed E-state index contributed by atoms with van der Waals surface area (Å²) in [5, 5.41) is 3.21. The molecule has 1 heterocycles. The zero-order valence-corrected chi connectivity index (χ0v) is 17.2. The summed E-state index contributed by atoms with van der Waals surface area (Å²) in [7, 11) is 0. The first-order valence-corrected chi connectivity index (χ1v) is 10.0. The molecule has 2 unspecified atom stereocenters. The maximum absolute atomic E-state index is 13.1. The van der Waals surface area contributed by atoms with E-state index in [1.54, 1.807) is 29.2 Å². The summed E-state index contributed by atoms with van der Waals surface area (Å²) in [6.45, 7) is 2.20. The van der Waals surface area contributed by atoms with Gasteiger partial charge in [-0.1, -0.05) is 11.6 Å². The molecule has 1 aliphatic rings. The molecule has 2 aromatic carbocycles. The van der Waals surface area contributed by atoms with Crippen LogP contribution in [0.5, 0.6) is 0 Å². The molecule has 0 radical (unpaired) electrons. The van der Waals surface area contributed by atoms with Crippen molar-refractivity contribution < 1.29 is 23.5 Å². The lowest BCUT2D eigenvalue weighted by Gasteiger charge is -2.32. The highest BCUT2D eigenvalue weighted by molar-refractivity contribution is 6.30. The number of nitrogens with zero attached hydrogens (tertiary/aromatic N) is 1. The second-order valence-electron chi connectivity index (χ2n) is 7.17. The van der Waals surface area contributed by atoms with Crippen LogP contribution in [0.15, 0.2) is 48.5 Å². The van der Waals surface area contributed by atoms with Gasteiger partial charge in [-0.3, -0.25) is 14.4 Å². The highest BCUT2D eigenvalue weighted by Gasteiger charge is 2.31. The fraction of sp³-hybridized carbons (Fsp3) is 0.318. The Labute approximate surface area is 179 Å². The van der Waals surface area contributed by atoms with Crippen molar-refractivity contribution >= 4 is 35.1 Å². The van der Waals surface area contributed by atoms with Gasteiger partial charge in [0.15, 0.2) is 6.10 Å². The molecule has 1 N–H and O–H groups in total. The normalized spacial score (nSPS) is 17.2. The number of amides is 2. The fourth-order valence-electron chi connectivity index (χ4n) is 3.23. The molecule has 1 saturated heterocycles. The third-order valence-electron chi connectivity index (χ3n) is 4.91. The lowest BCUT2D eigenvalue weighted by atomic mass is 9.97. The zero-order chi connectivity index (χ0) is 21.7. The maximum atomic E-state index is 13.1. The summed E-state index contributed by atoms with van der Waals surface area (Å²) >= 11 is 5.82. The summed E-state index contributed by atoms with van der Waals surface area (Å²) < 4.78 is 18.4. The van der Waals surface area contributed by atoms with Crippen LogP contribution in [0, 0.1) is 11.7 Å². The lowest BCUT2D eigenvalue weighted by Crippen LogP contribution is -2.44. The van der Waals surface area contributed by atoms with Crippen LogP contribution in [0.2, 0.25) is 5.02 Å². The SMILES string of the molecule is CC(OC(=O)C1CCCN(C(=O)c2ccc(F)cc2)C1)C(=O)Nc1ccc(Cl)cc1. The first-order valence-electron chi connectivity index (χ1n) is 9.65. The standard InChI is InChI=1S/C22H22ClFN2O4/c1-14(20(27)25-19-10-6-17(23)7-11-19)30-22(29)16-3-2-12-26(13-16)21(28)15-4-8-18(24)9-5-15/h4-11,14,16H,2-3,12-13H2,1H3,(H,25,27). The van der Waals surface area contributed by atoms with Crippen LogP contribution in [-0.4, -0.2) is 41.9 Å². The van der Waals surface area contributed by atoms with Crippen LogP contribution in [0.4, 0.5) is 10.1 Å². The molecule has 0 bridgehead atoms. The monoisotopic (exact) mass is 432 g/mol. The van der Waals surface area contributed by atoms with Crippen LogP contribution in [0.1, 0.15) is 30.1 Å². The largest absolute Gasteiger partial charge is 0.452 e. The molecule has 2 atom stereocenters. The highest BCUT2D eigenvalue weighted by atomic mass is 35.5. The number of carbonyl (C=O) groups is 3. The Morgan fingerprint density at radius 3 is 2.47 bits per heavy atom. The van der Waals surface area contributed by atoms with E-state index >= 15 is 0 Å². The summed E-state index contributed by atoms with van der Waals surface area (Å²) in [5.74, 6) is -2.18. The number of carbonyl (C=O) groups excluding carboxylic acids is 3. The van der Waals surface area contributed by atoms with Crippen LogP contribution in [0.3, 0.4) is 0 Å². The smallest absolute Gasteiger partial charge is 0.311 e. The minimum absolute atomic E-state index is 0.195. The number of nitrogens with one attached hydrogen (secondary N) is 1. The van der Waals surface area contributed by atoms with Gasteiger partial charge in [0.05, 0.1) is 5.92 Å². The van der Waals surface area contributed by atoms with E-state index in [-0.39, 0.29) is 12.5 Å². The topological polar surface area (TPSA) is 75.7 Å². The average molecular weight is 433 g/mol.